The van der Waals surface area contributed by atoms with Gasteiger partial charge >= 0.3 is 6.61 Å². The summed E-state index contributed by atoms with van der Waals surface area (Å²) in [7, 11) is 0. The standard InChI is InChI=1S/C15H14BrF2N3O/c1-3-10-12(8-19)21(14(4-2)20-10)11-6-5-9(16)7-13(11)22-15(17)18/h5-7,15H,3-4H2,1-2H3. The number of halogens is 3. The highest BCUT2D eigenvalue weighted by Crippen LogP contribution is 2.31. The maximum atomic E-state index is 12.7. The second-order valence-corrected chi connectivity index (χ2v) is 5.38. The Morgan fingerprint density at radius 1 is 1.36 bits per heavy atom. The van der Waals surface area contributed by atoms with Gasteiger partial charge in [0.15, 0.2) is 5.75 Å². The van der Waals surface area contributed by atoms with Gasteiger partial charge in [0.2, 0.25) is 0 Å². The Kier molecular flexibility index (Phi) is 5.14. The molecule has 0 saturated carbocycles. The van der Waals surface area contributed by atoms with Crippen LogP contribution in [0.1, 0.15) is 31.1 Å². The van der Waals surface area contributed by atoms with Crippen LogP contribution in [0.2, 0.25) is 0 Å². The topological polar surface area (TPSA) is 50.8 Å². The van der Waals surface area contributed by atoms with Crippen LogP contribution in [0, 0.1) is 11.3 Å². The van der Waals surface area contributed by atoms with Crippen LogP contribution in [0.25, 0.3) is 5.69 Å². The minimum Gasteiger partial charge on any atom is -0.433 e. The van der Waals surface area contributed by atoms with Crippen molar-refractivity contribution in [3.63, 3.8) is 0 Å². The van der Waals surface area contributed by atoms with E-state index < -0.39 is 6.61 Å². The highest BCUT2D eigenvalue weighted by atomic mass is 79.9. The third kappa shape index (κ3) is 3.12. The molecule has 0 aliphatic carbocycles. The van der Waals surface area contributed by atoms with Crippen molar-refractivity contribution >= 4 is 15.9 Å². The van der Waals surface area contributed by atoms with E-state index in [1.54, 1.807) is 16.7 Å². The van der Waals surface area contributed by atoms with Crippen LogP contribution < -0.4 is 4.74 Å². The van der Waals surface area contributed by atoms with Crippen molar-refractivity contribution in [3.05, 3.63) is 39.9 Å². The number of hydrogen-bond donors (Lipinski definition) is 0. The zero-order valence-electron chi connectivity index (χ0n) is 12.1. The van der Waals surface area contributed by atoms with Crippen molar-refractivity contribution in [2.75, 3.05) is 0 Å². The monoisotopic (exact) mass is 369 g/mol. The largest absolute Gasteiger partial charge is 0.433 e. The first-order valence-electron chi connectivity index (χ1n) is 6.77. The van der Waals surface area contributed by atoms with Crippen molar-refractivity contribution in [2.24, 2.45) is 0 Å². The first kappa shape index (κ1) is 16.4. The molecule has 0 spiro atoms. The van der Waals surface area contributed by atoms with Crippen LogP contribution in [0.3, 0.4) is 0 Å². The minimum atomic E-state index is -2.95. The van der Waals surface area contributed by atoms with Gasteiger partial charge in [0.05, 0.1) is 11.4 Å². The van der Waals surface area contributed by atoms with Crippen LogP contribution in [0.5, 0.6) is 5.75 Å². The number of hydrogen-bond acceptors (Lipinski definition) is 3. The van der Waals surface area contributed by atoms with Gasteiger partial charge in [-0.2, -0.15) is 14.0 Å². The van der Waals surface area contributed by atoms with Gasteiger partial charge in [-0.3, -0.25) is 4.57 Å². The van der Waals surface area contributed by atoms with Crippen molar-refractivity contribution in [1.82, 2.24) is 9.55 Å². The van der Waals surface area contributed by atoms with Crippen LogP contribution >= 0.6 is 15.9 Å². The Hall–Kier alpha value is -1.94. The van der Waals surface area contributed by atoms with Crippen LogP contribution in [-0.2, 0) is 12.8 Å². The molecular formula is C15H14BrF2N3O. The summed E-state index contributed by atoms with van der Waals surface area (Å²) in [6.45, 7) is 0.842. The highest BCUT2D eigenvalue weighted by molar-refractivity contribution is 9.10. The lowest BCUT2D eigenvalue weighted by Gasteiger charge is -2.14. The van der Waals surface area contributed by atoms with Gasteiger partial charge < -0.3 is 4.74 Å². The summed E-state index contributed by atoms with van der Waals surface area (Å²) < 4.78 is 32.1. The first-order chi connectivity index (χ1) is 10.5. The Morgan fingerprint density at radius 3 is 2.64 bits per heavy atom. The Balaban J connectivity index is 2.71. The molecule has 0 N–H and O–H groups in total. The second kappa shape index (κ2) is 6.88. The summed E-state index contributed by atoms with van der Waals surface area (Å²) in [5, 5.41) is 9.42. The average molecular weight is 370 g/mol. The van der Waals surface area contributed by atoms with Crippen LogP contribution in [-0.4, -0.2) is 16.2 Å². The molecule has 0 bridgehead atoms. The van der Waals surface area contributed by atoms with Gasteiger partial charge in [-0.25, -0.2) is 4.98 Å². The van der Waals surface area contributed by atoms with E-state index >= 15 is 0 Å². The fourth-order valence-corrected chi connectivity index (χ4v) is 2.58. The summed E-state index contributed by atoms with van der Waals surface area (Å²) in [4.78, 5) is 4.42. The Bertz CT molecular complexity index is 722. The molecule has 22 heavy (non-hydrogen) atoms. The lowest BCUT2D eigenvalue weighted by molar-refractivity contribution is -0.0499. The van der Waals surface area contributed by atoms with Gasteiger partial charge in [-0.1, -0.05) is 29.8 Å². The molecule has 2 aromatic rings. The lowest BCUT2D eigenvalue weighted by atomic mass is 10.2. The number of ether oxygens (including phenoxy) is 1. The van der Waals surface area contributed by atoms with E-state index in [2.05, 4.69) is 31.7 Å². The molecule has 0 unspecified atom stereocenters. The quantitative estimate of drug-likeness (QED) is 0.792. The molecule has 1 aromatic carbocycles. The van der Waals surface area contributed by atoms with E-state index in [4.69, 9.17) is 0 Å². The molecule has 0 aliphatic rings. The predicted molar refractivity (Wildman–Crippen MR) is 81.4 cm³/mol. The zero-order valence-corrected chi connectivity index (χ0v) is 13.7. The van der Waals surface area contributed by atoms with Gasteiger partial charge in [0.25, 0.3) is 0 Å². The molecule has 2 rings (SSSR count). The van der Waals surface area contributed by atoms with E-state index in [9.17, 15) is 14.0 Å². The molecule has 1 heterocycles. The van der Waals surface area contributed by atoms with Crippen LogP contribution in [0.15, 0.2) is 22.7 Å². The van der Waals surface area contributed by atoms with E-state index in [1.807, 2.05) is 13.8 Å². The maximum absolute atomic E-state index is 12.7. The Morgan fingerprint density at radius 2 is 2.09 bits per heavy atom. The SMILES string of the molecule is CCc1nc(CC)n(-c2ccc(Br)cc2OC(F)F)c1C#N. The van der Waals surface area contributed by atoms with Crippen molar-refractivity contribution in [1.29, 1.82) is 5.26 Å². The zero-order chi connectivity index (χ0) is 16.3. The molecule has 7 heteroatoms. The third-order valence-electron chi connectivity index (χ3n) is 3.15. The molecule has 0 aliphatic heterocycles. The average Bonchev–Trinajstić information content (AvgIpc) is 2.84. The lowest BCUT2D eigenvalue weighted by Crippen LogP contribution is -2.09. The summed E-state index contributed by atoms with van der Waals surface area (Å²) in [6, 6.07) is 6.90. The van der Waals surface area contributed by atoms with Gasteiger partial charge in [0.1, 0.15) is 17.6 Å². The number of aryl methyl sites for hydroxylation is 2. The number of aromatic nitrogens is 2. The van der Waals surface area contributed by atoms with E-state index in [1.165, 1.54) is 6.07 Å². The number of imidazole rings is 1. The summed E-state index contributed by atoms with van der Waals surface area (Å²) in [5.74, 6) is 0.630. The molecular weight excluding hydrogens is 356 g/mol. The van der Waals surface area contributed by atoms with Gasteiger partial charge in [-0.05, 0) is 24.6 Å². The number of rotatable bonds is 5. The first-order valence-corrected chi connectivity index (χ1v) is 7.56. The normalized spacial score (nSPS) is 10.8. The van der Waals surface area contributed by atoms with Gasteiger partial charge in [0, 0.05) is 10.9 Å². The van der Waals surface area contributed by atoms with E-state index in [0.717, 1.165) is 0 Å². The highest BCUT2D eigenvalue weighted by Gasteiger charge is 2.20. The van der Waals surface area contributed by atoms with Crippen molar-refractivity contribution in [3.8, 4) is 17.5 Å². The molecule has 0 amide bonds. The smallest absolute Gasteiger partial charge is 0.387 e. The summed E-state index contributed by atoms with van der Waals surface area (Å²) in [6.07, 6.45) is 1.16. The molecule has 0 atom stereocenters. The van der Waals surface area contributed by atoms with Crippen molar-refractivity contribution < 1.29 is 13.5 Å². The molecule has 116 valence electrons. The number of alkyl halides is 2. The molecule has 0 saturated heterocycles. The minimum absolute atomic E-state index is 0.00405. The number of nitrogens with zero attached hydrogens (tertiary/aromatic N) is 3. The van der Waals surface area contributed by atoms with Crippen LogP contribution in [0.4, 0.5) is 8.78 Å². The fraction of sp³-hybridized carbons (Fsp3) is 0.333. The molecule has 4 nitrogen and oxygen atoms in total. The van der Waals surface area contributed by atoms with E-state index in [-0.39, 0.29) is 5.75 Å². The number of benzene rings is 1. The molecule has 0 fully saturated rings. The number of nitriles is 1. The maximum Gasteiger partial charge on any atom is 0.387 e. The third-order valence-corrected chi connectivity index (χ3v) is 3.65. The molecule has 1 aromatic heterocycles. The Labute approximate surface area is 135 Å². The summed E-state index contributed by atoms with van der Waals surface area (Å²) in [5.41, 5.74) is 1.37. The van der Waals surface area contributed by atoms with E-state index in [0.29, 0.717) is 40.2 Å². The van der Waals surface area contributed by atoms with Gasteiger partial charge in [-0.15, -0.1) is 0 Å². The summed E-state index contributed by atoms with van der Waals surface area (Å²) >= 11 is 3.23. The molecule has 0 radical (unpaired) electrons. The fourth-order valence-electron chi connectivity index (χ4n) is 2.24. The predicted octanol–water partition coefficient (Wildman–Crippen LogP) is 4.23. The second-order valence-electron chi connectivity index (χ2n) is 4.47. The van der Waals surface area contributed by atoms with Crippen molar-refractivity contribution in [2.45, 2.75) is 33.3 Å².